The van der Waals surface area contributed by atoms with Crippen molar-refractivity contribution in [3.63, 3.8) is 0 Å². The van der Waals surface area contributed by atoms with Crippen LogP contribution in [-0.2, 0) is 4.79 Å². The molecule has 3 atom stereocenters. The minimum Gasteiger partial charge on any atom is -0.392 e. The molecule has 2 rings (SSSR count). The number of carbonyl (C=O) groups excluding carboxylic acids is 1. The van der Waals surface area contributed by atoms with E-state index in [2.05, 4.69) is 11.6 Å². The van der Waals surface area contributed by atoms with E-state index in [-0.39, 0.29) is 16.9 Å². The van der Waals surface area contributed by atoms with Gasteiger partial charge in [-0.15, -0.1) is 0 Å². The van der Waals surface area contributed by atoms with Gasteiger partial charge in [0.25, 0.3) is 0 Å². The summed E-state index contributed by atoms with van der Waals surface area (Å²) in [4.78, 5) is 12.9. The summed E-state index contributed by atoms with van der Waals surface area (Å²) in [5.74, 6) is -0.606. The molecule has 0 aliphatic heterocycles. The van der Waals surface area contributed by atoms with Crippen LogP contribution in [0.3, 0.4) is 0 Å². The predicted molar refractivity (Wildman–Crippen MR) is 93.7 cm³/mol. The third-order valence-electron chi connectivity index (χ3n) is 4.01. The Morgan fingerprint density at radius 1 is 1.33 bits per heavy atom. The molecule has 3 nitrogen and oxygen atoms in total. The maximum absolute atomic E-state index is 12.6. The number of thiocarbonyl (C=S) groups is 1. The number of rotatable bonds is 5. The normalized spacial score (nSPS) is 23.3. The molecule has 0 aromatic heterocycles. The zero-order chi connectivity index (χ0) is 15.2. The molecule has 1 saturated carbocycles. The molecular formula is C16H22N2OS2. The van der Waals surface area contributed by atoms with Crippen LogP contribution in [-0.4, -0.2) is 28.4 Å². The van der Waals surface area contributed by atoms with Crippen LogP contribution in [0.5, 0.6) is 0 Å². The zero-order valence-corrected chi connectivity index (χ0v) is 13.9. The van der Waals surface area contributed by atoms with Gasteiger partial charge in [0.15, 0.2) is 0 Å². The van der Waals surface area contributed by atoms with E-state index in [9.17, 15) is 4.79 Å². The number of amides is 1. The van der Waals surface area contributed by atoms with Crippen LogP contribution >= 0.6 is 24.0 Å². The van der Waals surface area contributed by atoms with Crippen molar-refractivity contribution in [3.05, 3.63) is 35.9 Å². The van der Waals surface area contributed by atoms with E-state index < -0.39 is 5.92 Å². The largest absolute Gasteiger partial charge is 0.392 e. The van der Waals surface area contributed by atoms with Crippen LogP contribution in [0.25, 0.3) is 0 Å². The molecule has 1 aromatic rings. The maximum atomic E-state index is 12.6. The van der Waals surface area contributed by atoms with Gasteiger partial charge in [-0.2, -0.15) is 11.8 Å². The van der Waals surface area contributed by atoms with Gasteiger partial charge in [-0.3, -0.25) is 4.79 Å². The summed E-state index contributed by atoms with van der Waals surface area (Å²) in [6.45, 7) is 0. The van der Waals surface area contributed by atoms with E-state index in [0.29, 0.717) is 5.25 Å². The van der Waals surface area contributed by atoms with Crippen molar-refractivity contribution in [2.24, 2.45) is 5.73 Å². The highest BCUT2D eigenvalue weighted by Crippen LogP contribution is 2.28. The van der Waals surface area contributed by atoms with Gasteiger partial charge in [0.2, 0.25) is 5.91 Å². The summed E-state index contributed by atoms with van der Waals surface area (Å²) in [5, 5.41) is 3.66. The Hall–Kier alpha value is -1.07. The van der Waals surface area contributed by atoms with E-state index in [1.165, 1.54) is 12.8 Å². The lowest BCUT2D eigenvalue weighted by atomic mass is 9.93. The predicted octanol–water partition coefficient (Wildman–Crippen LogP) is 2.85. The number of thioether (sulfide) groups is 1. The Kier molecular flexibility index (Phi) is 6.06. The first-order valence-electron chi connectivity index (χ1n) is 7.31. The van der Waals surface area contributed by atoms with Crippen molar-refractivity contribution in [1.82, 2.24) is 5.32 Å². The highest BCUT2D eigenvalue weighted by Gasteiger charge is 2.30. The Balaban J connectivity index is 2.10. The number of nitrogens with two attached hydrogens (primary N) is 1. The summed E-state index contributed by atoms with van der Waals surface area (Å²) >= 11 is 6.95. The average molecular weight is 322 g/mol. The smallest absolute Gasteiger partial charge is 0.234 e. The van der Waals surface area contributed by atoms with Crippen LogP contribution in [0.15, 0.2) is 30.3 Å². The second kappa shape index (κ2) is 7.80. The average Bonchev–Trinajstić information content (AvgIpc) is 2.48. The second-order valence-corrected chi connectivity index (χ2v) is 6.97. The Bertz CT molecular complexity index is 492. The van der Waals surface area contributed by atoms with Crippen molar-refractivity contribution in [3.8, 4) is 0 Å². The molecule has 1 aromatic carbocycles. The lowest BCUT2D eigenvalue weighted by Gasteiger charge is -2.32. The molecular weight excluding hydrogens is 300 g/mol. The zero-order valence-electron chi connectivity index (χ0n) is 12.2. The van der Waals surface area contributed by atoms with Gasteiger partial charge in [-0.05, 0) is 24.7 Å². The molecule has 1 amide bonds. The Morgan fingerprint density at radius 3 is 2.62 bits per heavy atom. The molecule has 0 saturated heterocycles. The van der Waals surface area contributed by atoms with Crippen molar-refractivity contribution in [2.45, 2.75) is 42.9 Å². The highest BCUT2D eigenvalue weighted by atomic mass is 32.2. The summed E-state index contributed by atoms with van der Waals surface area (Å²) in [6.07, 6.45) is 6.73. The molecule has 0 heterocycles. The molecule has 0 bridgehead atoms. The Morgan fingerprint density at radius 2 is 2.00 bits per heavy atom. The van der Waals surface area contributed by atoms with Crippen molar-refractivity contribution in [1.29, 1.82) is 0 Å². The lowest BCUT2D eigenvalue weighted by molar-refractivity contribution is -0.122. The third kappa shape index (κ3) is 4.20. The van der Waals surface area contributed by atoms with E-state index >= 15 is 0 Å². The summed E-state index contributed by atoms with van der Waals surface area (Å²) in [7, 11) is 0. The first kappa shape index (κ1) is 16.3. The van der Waals surface area contributed by atoms with Crippen LogP contribution in [0, 0.1) is 0 Å². The van der Waals surface area contributed by atoms with Gasteiger partial charge in [0, 0.05) is 11.3 Å². The van der Waals surface area contributed by atoms with Crippen LogP contribution < -0.4 is 11.1 Å². The van der Waals surface area contributed by atoms with Gasteiger partial charge >= 0.3 is 0 Å². The number of nitrogens with one attached hydrogen (secondary N) is 1. The summed E-state index contributed by atoms with van der Waals surface area (Å²) in [5.41, 5.74) is 6.67. The van der Waals surface area contributed by atoms with E-state index in [1.54, 1.807) is 0 Å². The van der Waals surface area contributed by atoms with Gasteiger partial charge < -0.3 is 11.1 Å². The lowest BCUT2D eigenvalue weighted by Crippen LogP contribution is -2.47. The molecule has 1 aliphatic carbocycles. The molecule has 3 N–H and O–H groups in total. The SMILES string of the molecule is CSC1CCCCC1NC(=O)C(C(N)=S)c1ccccc1. The molecule has 0 spiro atoms. The first-order chi connectivity index (χ1) is 10.1. The highest BCUT2D eigenvalue weighted by molar-refractivity contribution is 7.99. The standard InChI is InChI=1S/C16H22N2OS2/c1-21-13-10-6-5-9-12(13)18-16(19)14(15(17)20)11-7-3-2-4-8-11/h2-4,7-8,12-14H,5-6,9-10H2,1H3,(H2,17,20)(H,18,19). The number of benzene rings is 1. The van der Waals surface area contributed by atoms with Crippen molar-refractivity contribution in [2.75, 3.05) is 6.26 Å². The number of carbonyl (C=O) groups is 1. The molecule has 3 unspecified atom stereocenters. The van der Waals surface area contributed by atoms with Gasteiger partial charge in [-0.25, -0.2) is 0 Å². The van der Waals surface area contributed by atoms with Crippen molar-refractivity contribution >= 4 is 34.9 Å². The van der Waals surface area contributed by atoms with Crippen LogP contribution in [0.4, 0.5) is 0 Å². The fourth-order valence-corrected chi connectivity index (χ4v) is 4.08. The monoisotopic (exact) mass is 322 g/mol. The van der Waals surface area contributed by atoms with E-state index in [4.69, 9.17) is 18.0 Å². The number of hydrogen-bond acceptors (Lipinski definition) is 3. The first-order valence-corrected chi connectivity index (χ1v) is 9.00. The van der Waals surface area contributed by atoms with Crippen LogP contribution in [0.1, 0.15) is 37.2 Å². The fraction of sp³-hybridized carbons (Fsp3) is 0.500. The van der Waals surface area contributed by atoms with E-state index in [1.807, 2.05) is 42.1 Å². The number of hydrogen-bond donors (Lipinski definition) is 2. The van der Waals surface area contributed by atoms with E-state index in [0.717, 1.165) is 18.4 Å². The summed E-state index contributed by atoms with van der Waals surface area (Å²) in [6, 6.07) is 9.75. The molecule has 1 aliphatic rings. The Labute approximate surface area is 136 Å². The maximum Gasteiger partial charge on any atom is 0.234 e. The molecule has 21 heavy (non-hydrogen) atoms. The molecule has 1 fully saturated rings. The van der Waals surface area contributed by atoms with Gasteiger partial charge in [0.1, 0.15) is 5.92 Å². The van der Waals surface area contributed by atoms with Gasteiger partial charge in [0.05, 0.1) is 4.99 Å². The summed E-state index contributed by atoms with van der Waals surface area (Å²) < 4.78 is 0. The third-order valence-corrected chi connectivity index (χ3v) is 5.42. The quantitative estimate of drug-likeness (QED) is 0.819. The van der Waals surface area contributed by atoms with Crippen LogP contribution in [0.2, 0.25) is 0 Å². The molecule has 0 radical (unpaired) electrons. The fourth-order valence-electron chi connectivity index (χ4n) is 2.90. The minimum absolute atomic E-state index is 0.0698. The van der Waals surface area contributed by atoms with Gasteiger partial charge in [-0.1, -0.05) is 55.4 Å². The minimum atomic E-state index is -0.536. The molecule has 114 valence electrons. The molecule has 5 heteroatoms. The second-order valence-electron chi connectivity index (χ2n) is 5.42. The topological polar surface area (TPSA) is 55.1 Å². The van der Waals surface area contributed by atoms with Crippen molar-refractivity contribution < 1.29 is 4.79 Å².